The van der Waals surface area contributed by atoms with Crippen LogP contribution in [-0.2, 0) is 9.53 Å². The van der Waals surface area contributed by atoms with E-state index >= 15 is 0 Å². The lowest BCUT2D eigenvalue weighted by molar-refractivity contribution is -0.143. The molecule has 0 saturated heterocycles. The summed E-state index contributed by atoms with van der Waals surface area (Å²) in [6.07, 6.45) is 19.6. The topological polar surface area (TPSA) is 26.3 Å². The summed E-state index contributed by atoms with van der Waals surface area (Å²) in [4.78, 5) is 11.5. The van der Waals surface area contributed by atoms with E-state index < -0.39 is 19.4 Å². The van der Waals surface area contributed by atoms with E-state index in [2.05, 4.69) is 23.8 Å². The fourth-order valence-corrected chi connectivity index (χ4v) is 2.45. The third kappa shape index (κ3) is 17.3. The first-order valence-electron chi connectivity index (χ1n) is 11.6. The van der Waals surface area contributed by atoms with Crippen LogP contribution < -0.4 is 0 Å². The van der Waals surface area contributed by atoms with E-state index in [0.717, 1.165) is 32.1 Å². The van der Waals surface area contributed by atoms with Crippen LogP contribution in [0.5, 0.6) is 0 Å². The van der Waals surface area contributed by atoms with Gasteiger partial charge in [0.05, 0.1) is 9.30 Å². The average molecular weight is 316 g/mol. The van der Waals surface area contributed by atoms with Crippen LogP contribution in [0.4, 0.5) is 0 Å². The fourth-order valence-electron chi connectivity index (χ4n) is 2.45. The molecule has 0 aromatic heterocycles. The van der Waals surface area contributed by atoms with Crippen molar-refractivity contribution in [2.45, 2.75) is 104 Å². The molecule has 2 nitrogen and oxygen atoms in total. The molecule has 0 atom stereocenters. The Hall–Kier alpha value is -0.790. The molecule has 0 aliphatic rings. The van der Waals surface area contributed by atoms with Gasteiger partial charge in [0.15, 0.2) is 0 Å². The molecule has 0 aliphatic heterocycles. The first-order chi connectivity index (χ1) is 12.7. The number of unbranched alkanes of at least 4 members (excludes halogenated alkanes) is 11. The highest BCUT2D eigenvalue weighted by Crippen LogP contribution is 2.10. The second kappa shape index (κ2) is 18.3. The van der Waals surface area contributed by atoms with Gasteiger partial charge in [-0.2, -0.15) is 0 Å². The molecule has 130 valence electrons. The summed E-state index contributed by atoms with van der Waals surface area (Å²) >= 11 is 0. The zero-order valence-corrected chi connectivity index (χ0v) is 14.4. The van der Waals surface area contributed by atoms with Crippen molar-refractivity contribution in [2.75, 3.05) is 6.56 Å². The average Bonchev–Trinajstić information content (AvgIpc) is 2.57. The van der Waals surface area contributed by atoms with E-state index in [1.807, 2.05) is 0 Å². The van der Waals surface area contributed by atoms with Crippen LogP contribution in [0, 0.1) is 0 Å². The summed E-state index contributed by atoms with van der Waals surface area (Å²) in [6.45, 7) is -3.63. The first-order valence-corrected chi connectivity index (χ1v) is 9.07. The standard InChI is InChI=1S/C20H38O2/c1-3-5-6-7-8-9-10-11-12-13-14-15-16-17-18-19-20(21)22-4-2/h11-12H,3-10,13-19H2,1-2H3/b12-11-/i2D3,4D2. The highest BCUT2D eigenvalue weighted by Gasteiger charge is 2.00. The second-order valence-corrected chi connectivity index (χ2v) is 5.91. The van der Waals surface area contributed by atoms with Crippen LogP contribution in [0.15, 0.2) is 12.2 Å². The molecule has 22 heavy (non-hydrogen) atoms. The SMILES string of the molecule is [2H]C([2H])([2H])C([2H])([2H])OC(=O)CCCCCCC/C=C\CCCCCCCC. The molecule has 0 heterocycles. The molecule has 0 bridgehead atoms. The van der Waals surface area contributed by atoms with Gasteiger partial charge in [-0.1, -0.05) is 70.4 Å². The minimum absolute atomic E-state index is 0.0632. The summed E-state index contributed by atoms with van der Waals surface area (Å²) in [5.41, 5.74) is 0. The molecule has 0 unspecified atom stereocenters. The third-order valence-corrected chi connectivity index (χ3v) is 3.81. The second-order valence-electron chi connectivity index (χ2n) is 5.91. The van der Waals surface area contributed by atoms with Crippen LogP contribution in [0.2, 0.25) is 0 Å². The maximum Gasteiger partial charge on any atom is 0.305 e. The van der Waals surface area contributed by atoms with Crippen molar-refractivity contribution in [3.8, 4) is 0 Å². The number of allylic oxidation sites excluding steroid dienone is 2. The number of rotatable bonds is 16. The lowest BCUT2D eigenvalue weighted by Crippen LogP contribution is -2.03. The van der Waals surface area contributed by atoms with E-state index in [9.17, 15) is 4.79 Å². The molecule has 0 aromatic rings. The largest absolute Gasteiger partial charge is 0.466 e. The molecule has 0 fully saturated rings. The number of ether oxygens (including phenoxy) is 1. The number of esters is 1. The normalized spacial score (nSPS) is 15.8. The van der Waals surface area contributed by atoms with Gasteiger partial charge in [-0.3, -0.25) is 4.79 Å². The fraction of sp³-hybridized carbons (Fsp3) is 0.850. The van der Waals surface area contributed by atoms with Gasteiger partial charge in [-0.05, 0) is 39.0 Å². The van der Waals surface area contributed by atoms with Gasteiger partial charge in [0.1, 0.15) is 0 Å². The predicted octanol–water partition coefficient (Wildman–Crippen LogP) is 6.59. The van der Waals surface area contributed by atoms with Gasteiger partial charge in [-0.25, -0.2) is 0 Å². The van der Waals surface area contributed by atoms with Gasteiger partial charge in [0.25, 0.3) is 0 Å². The van der Waals surface area contributed by atoms with Crippen LogP contribution >= 0.6 is 0 Å². The third-order valence-electron chi connectivity index (χ3n) is 3.81. The van der Waals surface area contributed by atoms with E-state index in [-0.39, 0.29) is 6.42 Å². The van der Waals surface area contributed by atoms with Crippen molar-refractivity contribution < 1.29 is 16.4 Å². The molecule has 0 aromatic carbocycles. The van der Waals surface area contributed by atoms with Crippen molar-refractivity contribution in [2.24, 2.45) is 0 Å². The van der Waals surface area contributed by atoms with Gasteiger partial charge in [0, 0.05) is 10.5 Å². The first kappa shape index (κ1) is 13.6. The lowest BCUT2D eigenvalue weighted by atomic mass is 10.1. The van der Waals surface area contributed by atoms with Crippen molar-refractivity contribution in [3.63, 3.8) is 0 Å². The van der Waals surface area contributed by atoms with Crippen molar-refractivity contribution in [1.29, 1.82) is 0 Å². The van der Waals surface area contributed by atoms with Crippen LogP contribution in [0.1, 0.15) is 111 Å². The maximum atomic E-state index is 11.5. The number of carbonyl (C=O) groups excluding carboxylic acids is 1. The van der Waals surface area contributed by atoms with Crippen LogP contribution in [0.3, 0.4) is 0 Å². The minimum atomic E-state index is -2.95. The number of hydrogen-bond donors (Lipinski definition) is 0. The van der Waals surface area contributed by atoms with E-state index in [0.29, 0.717) is 6.42 Å². The smallest absolute Gasteiger partial charge is 0.305 e. The van der Waals surface area contributed by atoms with E-state index in [1.54, 1.807) is 0 Å². The van der Waals surface area contributed by atoms with E-state index in [1.165, 1.54) is 44.9 Å². The summed E-state index contributed by atoms with van der Waals surface area (Å²) in [5, 5.41) is 0. The summed E-state index contributed by atoms with van der Waals surface area (Å²) in [6, 6.07) is 0. The Kier molecular flexibility index (Phi) is 11.3. The quantitative estimate of drug-likeness (QED) is 0.182. The molecule has 0 amide bonds. The van der Waals surface area contributed by atoms with Crippen molar-refractivity contribution in [1.82, 2.24) is 0 Å². The Bertz CT molecular complexity index is 406. The summed E-state index contributed by atoms with van der Waals surface area (Å²) in [5.74, 6) is -0.784. The zero-order chi connectivity index (χ0) is 20.6. The van der Waals surface area contributed by atoms with Gasteiger partial charge < -0.3 is 4.74 Å². The molecule has 0 aliphatic carbocycles. The Morgan fingerprint density at radius 1 is 0.909 bits per heavy atom. The number of hydrogen-bond acceptors (Lipinski definition) is 2. The highest BCUT2D eigenvalue weighted by molar-refractivity contribution is 5.69. The zero-order valence-electron chi connectivity index (χ0n) is 19.4. The number of carbonyl (C=O) groups is 1. The van der Waals surface area contributed by atoms with Crippen LogP contribution in [-0.4, -0.2) is 12.5 Å². The Balaban J connectivity index is 3.47. The molecule has 2 heteroatoms. The molecule has 0 spiro atoms. The van der Waals surface area contributed by atoms with Gasteiger partial charge >= 0.3 is 5.97 Å². The molecule has 0 radical (unpaired) electrons. The lowest BCUT2D eigenvalue weighted by Gasteiger charge is -2.01. The minimum Gasteiger partial charge on any atom is -0.466 e. The molecule has 0 saturated carbocycles. The Morgan fingerprint density at radius 3 is 2.05 bits per heavy atom. The van der Waals surface area contributed by atoms with E-state index in [4.69, 9.17) is 6.85 Å². The van der Waals surface area contributed by atoms with Crippen LogP contribution in [0.25, 0.3) is 0 Å². The summed E-state index contributed by atoms with van der Waals surface area (Å²) in [7, 11) is 0. The molecule has 0 rings (SSSR count). The molecule has 0 N–H and O–H groups in total. The highest BCUT2D eigenvalue weighted by atomic mass is 16.5. The summed E-state index contributed by atoms with van der Waals surface area (Å²) < 4.78 is 39.9. The van der Waals surface area contributed by atoms with Gasteiger partial charge in [-0.15, -0.1) is 0 Å². The van der Waals surface area contributed by atoms with Crippen molar-refractivity contribution >= 4 is 5.97 Å². The predicted molar refractivity (Wildman–Crippen MR) is 96.1 cm³/mol. The Labute approximate surface area is 145 Å². The molecular formula is C20H38O2. The monoisotopic (exact) mass is 315 g/mol. The Morgan fingerprint density at radius 2 is 1.45 bits per heavy atom. The van der Waals surface area contributed by atoms with Crippen molar-refractivity contribution in [3.05, 3.63) is 12.2 Å². The maximum absolute atomic E-state index is 11.5. The van der Waals surface area contributed by atoms with Gasteiger partial charge in [0.2, 0.25) is 0 Å². The molecular weight excluding hydrogens is 272 g/mol.